The predicted octanol–water partition coefficient (Wildman–Crippen LogP) is 2.80. The third kappa shape index (κ3) is 3.04. The van der Waals surface area contributed by atoms with Crippen LogP contribution in [0.5, 0.6) is 5.75 Å². The Balaban J connectivity index is 1.58. The lowest BCUT2D eigenvalue weighted by Crippen LogP contribution is -2.07. The van der Waals surface area contributed by atoms with Crippen molar-refractivity contribution in [3.8, 4) is 11.4 Å². The molecule has 0 bridgehead atoms. The van der Waals surface area contributed by atoms with E-state index in [-0.39, 0.29) is 12.4 Å². The molecule has 2 aromatic heterocycles. The van der Waals surface area contributed by atoms with Crippen LogP contribution in [0.25, 0.3) is 16.7 Å². The normalized spacial score (nSPS) is 11.0. The summed E-state index contributed by atoms with van der Waals surface area (Å²) in [4.78, 5) is 11.5. The third-order valence-electron chi connectivity index (χ3n) is 3.90. The van der Waals surface area contributed by atoms with Crippen LogP contribution in [0.1, 0.15) is 11.4 Å². The van der Waals surface area contributed by atoms with Gasteiger partial charge in [0, 0.05) is 17.5 Å². The highest BCUT2D eigenvalue weighted by Crippen LogP contribution is 2.23. The zero-order chi connectivity index (χ0) is 18.1. The van der Waals surface area contributed by atoms with E-state index in [0.717, 1.165) is 10.9 Å². The van der Waals surface area contributed by atoms with E-state index in [4.69, 9.17) is 9.15 Å². The van der Waals surface area contributed by atoms with Crippen LogP contribution < -0.4 is 10.4 Å². The Morgan fingerprint density at radius 2 is 1.96 bits per heavy atom. The molecular weight excluding hydrogens is 339 g/mol. The Labute approximate surface area is 146 Å². The van der Waals surface area contributed by atoms with Crippen molar-refractivity contribution in [1.82, 2.24) is 20.2 Å². The minimum absolute atomic E-state index is 0.0892. The highest BCUT2D eigenvalue weighted by Gasteiger charge is 2.10. The number of hydrogen-bond acceptors (Lipinski definition) is 6. The van der Waals surface area contributed by atoms with Gasteiger partial charge >= 0.3 is 5.63 Å². The minimum Gasteiger partial charge on any atom is -0.485 e. The lowest BCUT2D eigenvalue weighted by molar-refractivity contribution is 0.292. The van der Waals surface area contributed by atoms with Gasteiger partial charge in [-0.05, 0) is 59.3 Å². The number of halogens is 1. The van der Waals surface area contributed by atoms with E-state index in [1.54, 1.807) is 24.3 Å². The fourth-order valence-electron chi connectivity index (χ4n) is 2.62. The number of hydrogen-bond donors (Lipinski definition) is 0. The van der Waals surface area contributed by atoms with Gasteiger partial charge in [-0.15, -0.1) is 5.10 Å². The van der Waals surface area contributed by atoms with Crippen molar-refractivity contribution in [1.29, 1.82) is 0 Å². The number of rotatable bonds is 4. The number of aryl methyl sites for hydroxylation is 1. The summed E-state index contributed by atoms with van der Waals surface area (Å²) in [5.74, 6) is 0.620. The number of ether oxygens (including phenoxy) is 1. The molecule has 0 unspecified atom stereocenters. The second-order valence-corrected chi connectivity index (χ2v) is 5.68. The Hall–Kier alpha value is -3.55. The van der Waals surface area contributed by atoms with Gasteiger partial charge in [-0.1, -0.05) is 0 Å². The fraction of sp³-hybridized carbons (Fsp3) is 0.111. The molecule has 0 atom stereocenters. The monoisotopic (exact) mass is 352 g/mol. The summed E-state index contributed by atoms with van der Waals surface area (Å²) < 4.78 is 25.5. The number of nitrogens with zero attached hydrogens (tertiary/aromatic N) is 4. The first-order chi connectivity index (χ1) is 12.6. The van der Waals surface area contributed by atoms with Crippen molar-refractivity contribution < 1.29 is 13.5 Å². The molecular formula is C18H13FN4O3. The Bertz CT molecular complexity index is 1140. The third-order valence-corrected chi connectivity index (χ3v) is 3.90. The van der Waals surface area contributed by atoms with Gasteiger partial charge in [0.15, 0.2) is 5.82 Å². The van der Waals surface area contributed by atoms with Crippen LogP contribution in [-0.4, -0.2) is 20.2 Å². The highest BCUT2D eigenvalue weighted by molar-refractivity contribution is 5.81. The van der Waals surface area contributed by atoms with E-state index in [9.17, 15) is 9.18 Å². The average molecular weight is 352 g/mol. The van der Waals surface area contributed by atoms with Crippen molar-refractivity contribution >= 4 is 11.0 Å². The molecule has 0 N–H and O–H groups in total. The summed E-state index contributed by atoms with van der Waals surface area (Å²) in [6, 6.07) is 12.5. The molecule has 4 rings (SSSR count). The van der Waals surface area contributed by atoms with Crippen LogP contribution in [0.2, 0.25) is 0 Å². The highest BCUT2D eigenvalue weighted by atomic mass is 19.1. The summed E-state index contributed by atoms with van der Waals surface area (Å²) in [5, 5.41) is 12.3. The van der Waals surface area contributed by atoms with E-state index in [0.29, 0.717) is 22.8 Å². The average Bonchev–Trinajstić information content (AvgIpc) is 3.08. The van der Waals surface area contributed by atoms with Gasteiger partial charge in [0.2, 0.25) is 0 Å². The fourth-order valence-corrected chi connectivity index (χ4v) is 2.62. The van der Waals surface area contributed by atoms with Gasteiger partial charge in [0.05, 0.1) is 5.69 Å². The Morgan fingerprint density at radius 3 is 2.77 bits per heavy atom. The van der Waals surface area contributed by atoms with Gasteiger partial charge in [-0.2, -0.15) is 4.68 Å². The number of aromatic nitrogens is 4. The van der Waals surface area contributed by atoms with Crippen LogP contribution in [0, 0.1) is 12.7 Å². The van der Waals surface area contributed by atoms with Gasteiger partial charge in [0.1, 0.15) is 23.8 Å². The van der Waals surface area contributed by atoms with E-state index in [1.165, 1.54) is 22.9 Å². The Kier molecular flexibility index (Phi) is 3.92. The molecule has 0 spiro atoms. The largest absolute Gasteiger partial charge is 0.485 e. The molecule has 0 aliphatic carbocycles. The molecule has 0 aliphatic rings. The minimum atomic E-state index is -0.410. The summed E-state index contributed by atoms with van der Waals surface area (Å²) in [6.45, 7) is 1.93. The molecule has 0 aliphatic heterocycles. The summed E-state index contributed by atoms with van der Waals surface area (Å²) in [7, 11) is 0. The molecule has 26 heavy (non-hydrogen) atoms. The van der Waals surface area contributed by atoms with Crippen LogP contribution >= 0.6 is 0 Å². The van der Waals surface area contributed by atoms with Crippen LogP contribution in [0.15, 0.2) is 57.7 Å². The molecule has 0 saturated heterocycles. The molecule has 0 fully saturated rings. The van der Waals surface area contributed by atoms with Gasteiger partial charge in [-0.25, -0.2) is 9.18 Å². The second kappa shape index (κ2) is 6.40. The smallest absolute Gasteiger partial charge is 0.336 e. The molecule has 0 amide bonds. The zero-order valence-electron chi connectivity index (χ0n) is 13.7. The van der Waals surface area contributed by atoms with Gasteiger partial charge in [0.25, 0.3) is 0 Å². The molecule has 8 heteroatoms. The van der Waals surface area contributed by atoms with E-state index < -0.39 is 5.63 Å². The number of tetrazole rings is 1. The number of fused-ring (bicyclic) bond motifs is 1. The first-order valence-electron chi connectivity index (χ1n) is 7.81. The van der Waals surface area contributed by atoms with Crippen molar-refractivity contribution in [3.05, 3.63) is 76.2 Å². The van der Waals surface area contributed by atoms with Gasteiger partial charge in [-0.3, -0.25) is 0 Å². The topological polar surface area (TPSA) is 83.0 Å². The van der Waals surface area contributed by atoms with Crippen molar-refractivity contribution in [2.75, 3.05) is 0 Å². The lowest BCUT2D eigenvalue weighted by Gasteiger charge is -2.08. The SMILES string of the molecule is Cc1cc(=O)oc2cc(OCc3nnnn3-c3ccc(F)cc3)ccc12. The van der Waals surface area contributed by atoms with Gasteiger partial charge < -0.3 is 9.15 Å². The van der Waals surface area contributed by atoms with E-state index in [2.05, 4.69) is 15.5 Å². The molecule has 2 heterocycles. The number of benzene rings is 2. The summed E-state index contributed by atoms with van der Waals surface area (Å²) in [5.41, 5.74) is 1.50. The molecule has 2 aromatic carbocycles. The van der Waals surface area contributed by atoms with E-state index >= 15 is 0 Å². The summed E-state index contributed by atoms with van der Waals surface area (Å²) >= 11 is 0. The zero-order valence-corrected chi connectivity index (χ0v) is 13.7. The van der Waals surface area contributed by atoms with Crippen LogP contribution in [-0.2, 0) is 6.61 Å². The second-order valence-electron chi connectivity index (χ2n) is 5.68. The predicted molar refractivity (Wildman–Crippen MR) is 90.7 cm³/mol. The molecule has 7 nitrogen and oxygen atoms in total. The Morgan fingerprint density at radius 1 is 1.15 bits per heavy atom. The maximum Gasteiger partial charge on any atom is 0.336 e. The lowest BCUT2D eigenvalue weighted by atomic mass is 10.1. The van der Waals surface area contributed by atoms with Crippen molar-refractivity contribution in [3.63, 3.8) is 0 Å². The standard InChI is InChI=1S/C18H13FN4O3/c1-11-8-18(24)26-16-9-14(6-7-15(11)16)25-10-17-20-21-22-23(17)13-4-2-12(19)3-5-13/h2-9H,10H2,1H3. The molecule has 0 radical (unpaired) electrons. The molecule has 4 aromatic rings. The molecule has 130 valence electrons. The summed E-state index contributed by atoms with van der Waals surface area (Å²) in [6.07, 6.45) is 0. The van der Waals surface area contributed by atoms with Crippen LogP contribution in [0.3, 0.4) is 0 Å². The quantitative estimate of drug-likeness (QED) is 0.525. The maximum atomic E-state index is 13.1. The van der Waals surface area contributed by atoms with Crippen molar-refractivity contribution in [2.24, 2.45) is 0 Å². The maximum absolute atomic E-state index is 13.1. The molecule has 0 saturated carbocycles. The van der Waals surface area contributed by atoms with Crippen molar-refractivity contribution in [2.45, 2.75) is 13.5 Å². The first kappa shape index (κ1) is 15.9. The first-order valence-corrected chi connectivity index (χ1v) is 7.81. The van der Waals surface area contributed by atoms with Crippen LogP contribution in [0.4, 0.5) is 4.39 Å². The van der Waals surface area contributed by atoms with E-state index in [1.807, 2.05) is 13.0 Å².